The first-order valence-electron chi connectivity index (χ1n) is 9.53. The van der Waals surface area contributed by atoms with Crippen LogP contribution in [0.5, 0.6) is 0 Å². The molecule has 0 aliphatic heterocycles. The highest BCUT2D eigenvalue weighted by atomic mass is 16.2. The second-order valence-corrected chi connectivity index (χ2v) is 7.21. The fourth-order valence-electron chi connectivity index (χ4n) is 3.15. The first-order valence-corrected chi connectivity index (χ1v) is 9.53. The number of fused-ring (bicyclic) bond motifs is 1. The van der Waals surface area contributed by atoms with E-state index in [4.69, 9.17) is 0 Å². The minimum absolute atomic E-state index is 0.0641. The summed E-state index contributed by atoms with van der Waals surface area (Å²) in [5, 5.41) is 11.2. The van der Waals surface area contributed by atoms with Crippen molar-refractivity contribution in [3.63, 3.8) is 0 Å². The summed E-state index contributed by atoms with van der Waals surface area (Å²) in [5.41, 5.74) is 3.17. The summed E-state index contributed by atoms with van der Waals surface area (Å²) < 4.78 is 0. The predicted octanol–water partition coefficient (Wildman–Crippen LogP) is 4.09. The van der Waals surface area contributed by atoms with Crippen LogP contribution in [0.1, 0.15) is 28.8 Å². The molecule has 142 valence electrons. The molecule has 0 atom stereocenters. The molecule has 0 heterocycles. The molecule has 0 saturated heterocycles. The van der Waals surface area contributed by atoms with Crippen LogP contribution in [0.4, 0.5) is 11.4 Å². The summed E-state index contributed by atoms with van der Waals surface area (Å²) in [6, 6.07) is 19.6. The molecular formula is C23H23N3O2. The molecule has 1 aliphatic carbocycles. The van der Waals surface area contributed by atoms with Crippen molar-refractivity contribution in [1.29, 1.82) is 0 Å². The van der Waals surface area contributed by atoms with Gasteiger partial charge in [0.15, 0.2) is 0 Å². The zero-order chi connectivity index (χ0) is 19.5. The number of hydrogen-bond acceptors (Lipinski definition) is 3. The molecule has 0 unspecified atom stereocenters. The van der Waals surface area contributed by atoms with Crippen molar-refractivity contribution in [2.24, 2.45) is 0 Å². The average Bonchev–Trinajstić information content (AvgIpc) is 3.51. The Bertz CT molecular complexity index is 1040. The monoisotopic (exact) mass is 373 g/mol. The van der Waals surface area contributed by atoms with Gasteiger partial charge in [-0.15, -0.1) is 0 Å². The van der Waals surface area contributed by atoms with Crippen molar-refractivity contribution in [2.45, 2.75) is 25.8 Å². The molecule has 1 fully saturated rings. The number of aryl methyl sites for hydroxylation is 1. The molecule has 3 aromatic rings. The molecule has 0 radical (unpaired) electrons. The van der Waals surface area contributed by atoms with Crippen molar-refractivity contribution in [1.82, 2.24) is 5.32 Å². The Balaban J connectivity index is 1.42. The number of nitrogens with one attached hydrogen (secondary N) is 3. The van der Waals surface area contributed by atoms with E-state index in [2.05, 4.69) is 16.0 Å². The van der Waals surface area contributed by atoms with E-state index in [1.54, 1.807) is 6.07 Å². The Morgan fingerprint density at radius 2 is 1.75 bits per heavy atom. The van der Waals surface area contributed by atoms with E-state index in [0.717, 1.165) is 40.6 Å². The van der Waals surface area contributed by atoms with Gasteiger partial charge in [0, 0.05) is 28.4 Å². The van der Waals surface area contributed by atoms with Gasteiger partial charge >= 0.3 is 0 Å². The van der Waals surface area contributed by atoms with Crippen LogP contribution in [0, 0.1) is 6.92 Å². The van der Waals surface area contributed by atoms with Crippen LogP contribution in [0.15, 0.2) is 60.7 Å². The Morgan fingerprint density at radius 1 is 0.964 bits per heavy atom. The van der Waals surface area contributed by atoms with E-state index in [-0.39, 0.29) is 18.4 Å². The molecule has 0 spiro atoms. The quantitative estimate of drug-likeness (QED) is 0.609. The fourth-order valence-corrected chi connectivity index (χ4v) is 3.15. The lowest BCUT2D eigenvalue weighted by atomic mass is 10.1. The van der Waals surface area contributed by atoms with Gasteiger partial charge in [0.2, 0.25) is 5.91 Å². The van der Waals surface area contributed by atoms with Gasteiger partial charge in [-0.3, -0.25) is 9.59 Å². The highest BCUT2D eigenvalue weighted by Gasteiger charge is 2.24. The molecule has 28 heavy (non-hydrogen) atoms. The molecule has 3 N–H and O–H groups in total. The summed E-state index contributed by atoms with van der Waals surface area (Å²) in [6.07, 6.45) is 2.11. The summed E-state index contributed by atoms with van der Waals surface area (Å²) in [5.74, 6) is -0.200. The first kappa shape index (κ1) is 18.0. The van der Waals surface area contributed by atoms with Gasteiger partial charge in [-0.2, -0.15) is 0 Å². The Labute approximate surface area is 164 Å². The highest BCUT2D eigenvalue weighted by Crippen LogP contribution is 2.23. The van der Waals surface area contributed by atoms with Gasteiger partial charge in [-0.1, -0.05) is 42.5 Å². The third-order valence-electron chi connectivity index (χ3n) is 4.92. The average molecular weight is 373 g/mol. The molecule has 0 bridgehead atoms. The number of carbonyl (C=O) groups excluding carboxylic acids is 2. The van der Waals surface area contributed by atoms with Crippen molar-refractivity contribution in [2.75, 3.05) is 17.2 Å². The van der Waals surface area contributed by atoms with E-state index >= 15 is 0 Å². The van der Waals surface area contributed by atoms with Crippen LogP contribution in [-0.4, -0.2) is 24.4 Å². The topological polar surface area (TPSA) is 70.2 Å². The number of carbonyl (C=O) groups is 2. The van der Waals surface area contributed by atoms with Gasteiger partial charge in [0.05, 0.1) is 6.54 Å². The molecular weight excluding hydrogens is 350 g/mol. The molecule has 1 saturated carbocycles. The summed E-state index contributed by atoms with van der Waals surface area (Å²) in [4.78, 5) is 24.7. The van der Waals surface area contributed by atoms with E-state index in [0.29, 0.717) is 11.6 Å². The van der Waals surface area contributed by atoms with E-state index in [9.17, 15) is 9.59 Å². The molecule has 3 aromatic carbocycles. The van der Waals surface area contributed by atoms with Crippen molar-refractivity contribution in [3.8, 4) is 0 Å². The van der Waals surface area contributed by atoms with Crippen LogP contribution < -0.4 is 16.0 Å². The first-order chi connectivity index (χ1) is 13.6. The molecule has 5 heteroatoms. The number of hydrogen-bond donors (Lipinski definition) is 3. The largest absolute Gasteiger partial charge is 0.376 e. The summed E-state index contributed by atoms with van der Waals surface area (Å²) in [6.45, 7) is 2.07. The van der Waals surface area contributed by atoms with E-state index in [1.165, 1.54) is 0 Å². The maximum atomic E-state index is 12.5. The van der Waals surface area contributed by atoms with E-state index < -0.39 is 0 Å². The van der Waals surface area contributed by atoms with E-state index in [1.807, 2.05) is 61.5 Å². The van der Waals surface area contributed by atoms with Gasteiger partial charge < -0.3 is 16.0 Å². The Morgan fingerprint density at radius 3 is 2.57 bits per heavy atom. The van der Waals surface area contributed by atoms with Crippen LogP contribution in [0.2, 0.25) is 0 Å². The standard InChI is InChI=1S/C23H23N3O2/c1-15-9-10-17(23(28)25-18-11-12-18)13-21(15)24-14-22(27)26-20-8-4-6-16-5-2-3-7-19(16)20/h2-10,13,18,24H,11-12,14H2,1H3,(H,25,28)(H,26,27). The maximum absolute atomic E-state index is 12.5. The maximum Gasteiger partial charge on any atom is 0.251 e. The van der Waals surface area contributed by atoms with Gasteiger partial charge in [0.1, 0.15) is 0 Å². The van der Waals surface area contributed by atoms with Crippen LogP contribution in [0.25, 0.3) is 10.8 Å². The molecule has 0 aromatic heterocycles. The fraction of sp³-hybridized carbons (Fsp3) is 0.217. The minimum Gasteiger partial charge on any atom is -0.376 e. The van der Waals surface area contributed by atoms with Gasteiger partial charge in [-0.05, 0) is 48.9 Å². The number of amides is 2. The minimum atomic E-state index is -0.136. The Hall–Kier alpha value is -3.34. The molecule has 5 nitrogen and oxygen atoms in total. The third kappa shape index (κ3) is 4.14. The number of rotatable bonds is 6. The molecule has 1 aliphatic rings. The summed E-state index contributed by atoms with van der Waals surface area (Å²) in [7, 11) is 0. The number of benzene rings is 3. The highest BCUT2D eigenvalue weighted by molar-refractivity contribution is 6.03. The van der Waals surface area contributed by atoms with Gasteiger partial charge in [0.25, 0.3) is 5.91 Å². The van der Waals surface area contributed by atoms with Crippen molar-refractivity contribution in [3.05, 3.63) is 71.8 Å². The SMILES string of the molecule is Cc1ccc(C(=O)NC2CC2)cc1NCC(=O)Nc1cccc2ccccc12. The summed E-state index contributed by atoms with van der Waals surface area (Å²) >= 11 is 0. The molecule has 2 amide bonds. The van der Waals surface area contributed by atoms with Crippen LogP contribution >= 0.6 is 0 Å². The third-order valence-corrected chi connectivity index (χ3v) is 4.92. The lowest BCUT2D eigenvalue weighted by Crippen LogP contribution is -2.26. The zero-order valence-corrected chi connectivity index (χ0v) is 15.8. The second-order valence-electron chi connectivity index (χ2n) is 7.21. The number of anilines is 2. The van der Waals surface area contributed by atoms with Gasteiger partial charge in [-0.25, -0.2) is 0 Å². The lowest BCUT2D eigenvalue weighted by molar-refractivity contribution is -0.114. The normalized spacial score (nSPS) is 13.2. The smallest absolute Gasteiger partial charge is 0.251 e. The van der Waals surface area contributed by atoms with Crippen molar-refractivity contribution >= 4 is 34.0 Å². The van der Waals surface area contributed by atoms with Crippen molar-refractivity contribution < 1.29 is 9.59 Å². The predicted molar refractivity (Wildman–Crippen MR) is 113 cm³/mol. The lowest BCUT2D eigenvalue weighted by Gasteiger charge is -2.13. The molecule has 4 rings (SSSR count). The van der Waals surface area contributed by atoms with Crippen LogP contribution in [-0.2, 0) is 4.79 Å². The second kappa shape index (κ2) is 7.72. The van der Waals surface area contributed by atoms with Crippen LogP contribution in [0.3, 0.4) is 0 Å². The Kier molecular flexibility index (Phi) is 4.98. The zero-order valence-electron chi connectivity index (χ0n) is 15.8.